The molecule has 0 aliphatic heterocycles. The van der Waals surface area contributed by atoms with Gasteiger partial charge in [0, 0.05) is 0 Å². The number of hydrogen-bond acceptors (Lipinski definition) is 4. The van der Waals surface area contributed by atoms with E-state index in [1.807, 2.05) is 0 Å². The van der Waals surface area contributed by atoms with Gasteiger partial charge in [0.05, 0.1) is 12.2 Å². The van der Waals surface area contributed by atoms with E-state index in [0.29, 0.717) is 12.0 Å². The van der Waals surface area contributed by atoms with E-state index in [1.54, 1.807) is 13.8 Å². The summed E-state index contributed by atoms with van der Waals surface area (Å²) in [7, 11) is 0. The zero-order chi connectivity index (χ0) is 9.84. The highest BCUT2D eigenvalue weighted by Crippen LogP contribution is 2.03. The minimum absolute atomic E-state index is 0.120. The van der Waals surface area contributed by atoms with Crippen molar-refractivity contribution in [3.63, 3.8) is 0 Å². The van der Waals surface area contributed by atoms with Gasteiger partial charge >= 0.3 is 11.6 Å². The molecule has 13 heavy (non-hydrogen) atoms. The number of H-pyrrole nitrogens is 1. The Balaban J connectivity index is 3.00. The Labute approximate surface area is 74.7 Å². The van der Waals surface area contributed by atoms with Crippen molar-refractivity contribution in [3.05, 3.63) is 21.7 Å². The van der Waals surface area contributed by atoms with Crippen molar-refractivity contribution in [3.8, 4) is 0 Å². The van der Waals surface area contributed by atoms with Crippen molar-refractivity contribution in [2.24, 2.45) is 0 Å². The number of carbonyl (C=O) groups excluding carboxylic acids is 1. The first kappa shape index (κ1) is 9.57. The standard InChI is InChI=1S/C8H11NO4/c1-3-5-6(8(11)12-4-2)9-13-7(5)10/h9H,3-4H2,1-2H3. The molecule has 1 aromatic rings. The van der Waals surface area contributed by atoms with Gasteiger partial charge in [-0.15, -0.1) is 0 Å². The molecule has 0 spiro atoms. The molecule has 0 amide bonds. The zero-order valence-corrected chi connectivity index (χ0v) is 7.55. The van der Waals surface area contributed by atoms with Crippen LogP contribution in [0.15, 0.2) is 9.32 Å². The highest BCUT2D eigenvalue weighted by Gasteiger charge is 2.17. The van der Waals surface area contributed by atoms with Gasteiger partial charge in [0.1, 0.15) is 0 Å². The van der Waals surface area contributed by atoms with Crippen molar-refractivity contribution in [2.45, 2.75) is 20.3 Å². The smallest absolute Gasteiger partial charge is 0.361 e. The Morgan fingerprint density at radius 2 is 2.23 bits per heavy atom. The summed E-state index contributed by atoms with van der Waals surface area (Å²) in [6.07, 6.45) is 0.444. The highest BCUT2D eigenvalue weighted by atomic mass is 16.5. The lowest BCUT2D eigenvalue weighted by molar-refractivity contribution is 0.0513. The first-order valence-electron chi connectivity index (χ1n) is 4.08. The van der Waals surface area contributed by atoms with Crippen molar-refractivity contribution < 1.29 is 14.1 Å². The third-order valence-electron chi connectivity index (χ3n) is 1.63. The van der Waals surface area contributed by atoms with Crippen LogP contribution in [-0.2, 0) is 11.2 Å². The van der Waals surface area contributed by atoms with E-state index in [-0.39, 0.29) is 12.3 Å². The van der Waals surface area contributed by atoms with Crippen LogP contribution in [0.2, 0.25) is 0 Å². The van der Waals surface area contributed by atoms with Crippen LogP contribution in [0.5, 0.6) is 0 Å². The Morgan fingerprint density at radius 1 is 1.54 bits per heavy atom. The fourth-order valence-electron chi connectivity index (χ4n) is 1.01. The van der Waals surface area contributed by atoms with Gasteiger partial charge in [0.2, 0.25) is 0 Å². The maximum atomic E-state index is 11.2. The Kier molecular flexibility index (Phi) is 2.89. The summed E-state index contributed by atoms with van der Waals surface area (Å²) >= 11 is 0. The average Bonchev–Trinajstić information content (AvgIpc) is 2.47. The maximum Gasteiger partial charge on any atom is 0.361 e. The predicted molar refractivity (Wildman–Crippen MR) is 44.7 cm³/mol. The molecule has 0 fully saturated rings. The lowest BCUT2D eigenvalue weighted by Gasteiger charge is -1.98. The number of carbonyl (C=O) groups is 1. The molecular formula is C8H11NO4. The third-order valence-corrected chi connectivity index (χ3v) is 1.63. The topological polar surface area (TPSA) is 72.3 Å². The first-order chi connectivity index (χ1) is 6.20. The van der Waals surface area contributed by atoms with Gasteiger partial charge < -0.3 is 9.26 Å². The molecule has 0 atom stereocenters. The molecule has 0 bridgehead atoms. The quantitative estimate of drug-likeness (QED) is 0.704. The molecule has 0 aliphatic rings. The monoisotopic (exact) mass is 185 g/mol. The van der Waals surface area contributed by atoms with Crippen LogP contribution < -0.4 is 5.63 Å². The molecule has 1 N–H and O–H groups in total. The molecule has 0 aliphatic carbocycles. The second-order valence-corrected chi connectivity index (χ2v) is 2.42. The largest absolute Gasteiger partial charge is 0.461 e. The second kappa shape index (κ2) is 3.93. The lowest BCUT2D eigenvalue weighted by Crippen LogP contribution is -2.10. The van der Waals surface area contributed by atoms with Gasteiger partial charge in [0.25, 0.3) is 0 Å². The highest BCUT2D eigenvalue weighted by molar-refractivity contribution is 5.88. The van der Waals surface area contributed by atoms with E-state index < -0.39 is 11.6 Å². The van der Waals surface area contributed by atoms with Gasteiger partial charge in [-0.2, -0.15) is 0 Å². The molecule has 0 saturated carbocycles. The predicted octanol–water partition coefficient (Wildman–Crippen LogP) is 0.707. The number of esters is 1. The molecule has 1 rings (SSSR count). The Bertz CT molecular complexity index is 349. The summed E-state index contributed by atoms with van der Waals surface area (Å²) < 4.78 is 9.19. The minimum Gasteiger partial charge on any atom is -0.461 e. The number of hydrogen-bond donors (Lipinski definition) is 1. The molecule has 1 heterocycles. The van der Waals surface area contributed by atoms with E-state index in [0.717, 1.165) is 0 Å². The normalized spacial score (nSPS) is 10.0. The number of aromatic nitrogens is 1. The third kappa shape index (κ3) is 1.80. The van der Waals surface area contributed by atoms with Gasteiger partial charge in [0.15, 0.2) is 5.69 Å². The number of aromatic amines is 1. The van der Waals surface area contributed by atoms with E-state index >= 15 is 0 Å². The fourth-order valence-corrected chi connectivity index (χ4v) is 1.01. The summed E-state index contributed by atoms with van der Waals surface area (Å²) in [5, 5.41) is 2.25. The molecule has 72 valence electrons. The minimum atomic E-state index is -0.551. The molecule has 0 aromatic carbocycles. The molecule has 0 saturated heterocycles. The Morgan fingerprint density at radius 3 is 2.77 bits per heavy atom. The summed E-state index contributed by atoms with van der Waals surface area (Å²) in [5.74, 6) is -0.551. The van der Waals surface area contributed by atoms with Crippen molar-refractivity contribution in [1.82, 2.24) is 5.16 Å². The summed E-state index contributed by atoms with van der Waals surface area (Å²) in [4.78, 5) is 22.2. The van der Waals surface area contributed by atoms with E-state index in [1.165, 1.54) is 0 Å². The van der Waals surface area contributed by atoms with Crippen molar-refractivity contribution >= 4 is 5.97 Å². The molecule has 1 aromatic heterocycles. The lowest BCUT2D eigenvalue weighted by atomic mass is 10.2. The fraction of sp³-hybridized carbons (Fsp3) is 0.500. The van der Waals surface area contributed by atoms with Gasteiger partial charge in [-0.3, -0.25) is 0 Å². The van der Waals surface area contributed by atoms with Gasteiger partial charge in [-0.1, -0.05) is 6.92 Å². The zero-order valence-electron chi connectivity index (χ0n) is 7.55. The SMILES string of the molecule is CCOC(=O)c1[nH]oc(=O)c1CC. The van der Waals surface area contributed by atoms with E-state index in [9.17, 15) is 9.59 Å². The van der Waals surface area contributed by atoms with Gasteiger partial charge in [-0.25, -0.2) is 14.7 Å². The van der Waals surface area contributed by atoms with Crippen molar-refractivity contribution in [1.29, 1.82) is 0 Å². The number of nitrogens with one attached hydrogen (secondary N) is 1. The summed E-state index contributed by atoms with van der Waals surface area (Å²) in [5.41, 5.74) is -0.0571. The van der Waals surface area contributed by atoms with Crippen LogP contribution in [0.3, 0.4) is 0 Å². The molecule has 0 unspecified atom stereocenters. The average molecular weight is 185 g/mol. The molecule has 5 nitrogen and oxygen atoms in total. The van der Waals surface area contributed by atoms with Crippen LogP contribution in [0.25, 0.3) is 0 Å². The van der Waals surface area contributed by atoms with Gasteiger partial charge in [-0.05, 0) is 13.3 Å². The van der Waals surface area contributed by atoms with Crippen LogP contribution in [0.4, 0.5) is 0 Å². The number of ether oxygens (including phenoxy) is 1. The second-order valence-electron chi connectivity index (χ2n) is 2.42. The van der Waals surface area contributed by atoms with Crippen LogP contribution >= 0.6 is 0 Å². The van der Waals surface area contributed by atoms with E-state index in [4.69, 9.17) is 4.74 Å². The van der Waals surface area contributed by atoms with Crippen LogP contribution in [-0.4, -0.2) is 17.7 Å². The van der Waals surface area contributed by atoms with E-state index in [2.05, 4.69) is 9.68 Å². The summed E-state index contributed by atoms with van der Waals surface area (Å²) in [6.45, 7) is 3.74. The molecular weight excluding hydrogens is 174 g/mol. The molecule has 5 heteroatoms. The van der Waals surface area contributed by atoms with Crippen LogP contribution in [0, 0.1) is 0 Å². The van der Waals surface area contributed by atoms with Crippen molar-refractivity contribution in [2.75, 3.05) is 6.61 Å². The summed E-state index contributed by atoms with van der Waals surface area (Å²) in [6, 6.07) is 0. The maximum absolute atomic E-state index is 11.2. The number of rotatable bonds is 3. The first-order valence-corrected chi connectivity index (χ1v) is 4.08. The van der Waals surface area contributed by atoms with Crippen LogP contribution in [0.1, 0.15) is 29.9 Å². The molecule has 0 radical (unpaired) electrons. The Hall–Kier alpha value is -1.52.